The monoisotopic (exact) mass is 359 g/mol. The molecule has 0 aliphatic heterocycles. The van der Waals surface area contributed by atoms with E-state index in [9.17, 15) is 9.59 Å². The van der Waals surface area contributed by atoms with E-state index in [4.69, 9.17) is 0 Å². The Hall–Kier alpha value is -3.47. The molecule has 3 aromatic rings. The molecule has 1 amide bonds. The average Bonchev–Trinajstić information content (AvgIpc) is 2.69. The lowest BCUT2D eigenvalue weighted by molar-refractivity contribution is 0.101. The Morgan fingerprint density at radius 1 is 0.889 bits per heavy atom. The third kappa shape index (κ3) is 4.79. The van der Waals surface area contributed by atoms with Crippen LogP contribution in [-0.4, -0.2) is 16.7 Å². The van der Waals surface area contributed by atoms with Crippen LogP contribution in [0.15, 0.2) is 67.0 Å². The SMILES string of the molecule is CCc1ccc(Nc2cncc(C(=O)Nc3cccc(C(C)=O)c3)c2)cc1. The average molecular weight is 359 g/mol. The Balaban J connectivity index is 1.73. The Morgan fingerprint density at radius 3 is 2.33 bits per heavy atom. The van der Waals surface area contributed by atoms with Crippen molar-refractivity contribution in [3.63, 3.8) is 0 Å². The number of rotatable bonds is 6. The summed E-state index contributed by atoms with van der Waals surface area (Å²) < 4.78 is 0. The van der Waals surface area contributed by atoms with Crippen molar-refractivity contribution in [2.45, 2.75) is 20.3 Å². The molecule has 5 nitrogen and oxygen atoms in total. The van der Waals surface area contributed by atoms with Crippen molar-refractivity contribution in [1.29, 1.82) is 0 Å². The van der Waals surface area contributed by atoms with Crippen LogP contribution in [0.2, 0.25) is 0 Å². The van der Waals surface area contributed by atoms with Crippen LogP contribution in [0.3, 0.4) is 0 Å². The number of Topliss-reactive ketones (excluding diaryl/α,β-unsaturated/α-hetero) is 1. The van der Waals surface area contributed by atoms with Gasteiger partial charge in [0.05, 0.1) is 17.4 Å². The Morgan fingerprint density at radius 2 is 1.63 bits per heavy atom. The van der Waals surface area contributed by atoms with Gasteiger partial charge in [0.25, 0.3) is 5.91 Å². The molecular formula is C22H21N3O2. The molecule has 1 heterocycles. The Labute approximate surface area is 158 Å². The predicted octanol–water partition coefficient (Wildman–Crippen LogP) is 4.84. The molecular weight excluding hydrogens is 338 g/mol. The van der Waals surface area contributed by atoms with E-state index in [2.05, 4.69) is 34.7 Å². The van der Waals surface area contributed by atoms with Crippen LogP contribution < -0.4 is 10.6 Å². The smallest absolute Gasteiger partial charge is 0.257 e. The molecule has 0 spiro atoms. The first-order valence-electron chi connectivity index (χ1n) is 8.78. The number of nitrogens with zero attached hydrogens (tertiary/aromatic N) is 1. The summed E-state index contributed by atoms with van der Waals surface area (Å²) in [6.45, 7) is 3.60. The van der Waals surface area contributed by atoms with Gasteiger partial charge in [0.1, 0.15) is 0 Å². The van der Waals surface area contributed by atoms with Crippen LogP contribution in [0.1, 0.15) is 40.1 Å². The van der Waals surface area contributed by atoms with Gasteiger partial charge in [-0.25, -0.2) is 0 Å². The molecule has 0 saturated carbocycles. The van der Waals surface area contributed by atoms with Crippen molar-refractivity contribution < 1.29 is 9.59 Å². The standard InChI is InChI=1S/C22H21N3O2/c1-3-16-7-9-19(10-8-16)24-21-12-18(13-23-14-21)22(27)25-20-6-4-5-17(11-20)15(2)26/h4-14,24H,3H2,1-2H3,(H,25,27). The van der Waals surface area contributed by atoms with Crippen molar-refractivity contribution in [1.82, 2.24) is 4.98 Å². The highest BCUT2D eigenvalue weighted by atomic mass is 16.1. The lowest BCUT2D eigenvalue weighted by Crippen LogP contribution is -2.13. The van der Waals surface area contributed by atoms with Gasteiger partial charge in [-0.2, -0.15) is 0 Å². The summed E-state index contributed by atoms with van der Waals surface area (Å²) in [6, 6.07) is 16.7. The fourth-order valence-corrected chi connectivity index (χ4v) is 2.64. The molecule has 0 bridgehead atoms. The maximum Gasteiger partial charge on any atom is 0.257 e. The molecule has 1 aromatic heterocycles. The molecule has 27 heavy (non-hydrogen) atoms. The van der Waals surface area contributed by atoms with Crippen molar-refractivity contribution in [2.75, 3.05) is 10.6 Å². The summed E-state index contributed by atoms with van der Waals surface area (Å²) >= 11 is 0. The topological polar surface area (TPSA) is 71.1 Å². The minimum atomic E-state index is -0.284. The predicted molar refractivity (Wildman–Crippen MR) is 108 cm³/mol. The zero-order valence-electron chi connectivity index (χ0n) is 15.3. The molecule has 0 radical (unpaired) electrons. The van der Waals surface area contributed by atoms with Crippen molar-refractivity contribution >= 4 is 28.8 Å². The first-order valence-corrected chi connectivity index (χ1v) is 8.78. The van der Waals surface area contributed by atoms with Crippen molar-refractivity contribution in [2.24, 2.45) is 0 Å². The fraction of sp³-hybridized carbons (Fsp3) is 0.136. The molecule has 136 valence electrons. The molecule has 0 aliphatic carbocycles. The maximum absolute atomic E-state index is 12.5. The second-order valence-corrected chi connectivity index (χ2v) is 6.23. The van der Waals surface area contributed by atoms with Crippen LogP contribution in [-0.2, 0) is 6.42 Å². The lowest BCUT2D eigenvalue weighted by atomic mass is 10.1. The molecule has 2 N–H and O–H groups in total. The second-order valence-electron chi connectivity index (χ2n) is 6.23. The number of aromatic nitrogens is 1. The van der Waals surface area contributed by atoms with E-state index in [1.165, 1.54) is 18.7 Å². The van der Waals surface area contributed by atoms with E-state index < -0.39 is 0 Å². The second kappa shape index (κ2) is 8.27. The number of ketones is 1. The molecule has 5 heteroatoms. The van der Waals surface area contributed by atoms with Gasteiger partial charge in [-0.1, -0.05) is 31.2 Å². The minimum Gasteiger partial charge on any atom is -0.354 e. The molecule has 0 fully saturated rings. The maximum atomic E-state index is 12.5. The van der Waals surface area contributed by atoms with Crippen molar-refractivity contribution in [3.05, 3.63) is 83.7 Å². The van der Waals surface area contributed by atoms with E-state index in [0.29, 0.717) is 16.8 Å². The number of carbonyl (C=O) groups excluding carboxylic acids is 2. The summed E-state index contributed by atoms with van der Waals surface area (Å²) in [5.41, 5.74) is 4.47. The summed E-state index contributed by atoms with van der Waals surface area (Å²) in [5, 5.41) is 6.05. The van der Waals surface area contributed by atoms with Crippen LogP contribution in [0.25, 0.3) is 0 Å². The number of amides is 1. The van der Waals surface area contributed by atoms with Crippen LogP contribution >= 0.6 is 0 Å². The van der Waals surface area contributed by atoms with E-state index in [1.807, 2.05) is 12.1 Å². The number of carbonyl (C=O) groups is 2. The molecule has 2 aromatic carbocycles. The molecule has 0 unspecified atom stereocenters. The zero-order chi connectivity index (χ0) is 19.2. The summed E-state index contributed by atoms with van der Waals surface area (Å²) in [5.74, 6) is -0.332. The number of anilines is 3. The summed E-state index contributed by atoms with van der Waals surface area (Å²) in [6.07, 6.45) is 4.17. The van der Waals surface area contributed by atoms with Gasteiger partial charge in [0, 0.05) is 23.1 Å². The van der Waals surface area contributed by atoms with Gasteiger partial charge in [-0.15, -0.1) is 0 Å². The number of pyridine rings is 1. The van der Waals surface area contributed by atoms with E-state index in [1.54, 1.807) is 36.5 Å². The number of hydrogen-bond acceptors (Lipinski definition) is 4. The number of benzene rings is 2. The molecule has 3 rings (SSSR count). The largest absolute Gasteiger partial charge is 0.354 e. The summed E-state index contributed by atoms with van der Waals surface area (Å²) in [7, 11) is 0. The van der Waals surface area contributed by atoms with E-state index in [-0.39, 0.29) is 11.7 Å². The van der Waals surface area contributed by atoms with Crippen LogP contribution in [0.5, 0.6) is 0 Å². The first-order chi connectivity index (χ1) is 13.0. The number of aryl methyl sites for hydroxylation is 1. The molecule has 0 atom stereocenters. The highest BCUT2D eigenvalue weighted by Crippen LogP contribution is 2.19. The van der Waals surface area contributed by atoms with Gasteiger partial charge >= 0.3 is 0 Å². The minimum absolute atomic E-state index is 0.0481. The van der Waals surface area contributed by atoms with Crippen molar-refractivity contribution in [3.8, 4) is 0 Å². The third-order valence-corrected chi connectivity index (χ3v) is 4.18. The first kappa shape index (κ1) is 18.3. The van der Waals surface area contributed by atoms with E-state index in [0.717, 1.165) is 17.8 Å². The molecule has 0 saturated heterocycles. The van der Waals surface area contributed by atoms with Gasteiger partial charge in [-0.3, -0.25) is 14.6 Å². The van der Waals surface area contributed by atoms with Gasteiger partial charge in [0.15, 0.2) is 5.78 Å². The Kier molecular flexibility index (Phi) is 5.61. The highest BCUT2D eigenvalue weighted by molar-refractivity contribution is 6.05. The fourth-order valence-electron chi connectivity index (χ4n) is 2.64. The molecule has 0 aliphatic rings. The Bertz CT molecular complexity index is 965. The van der Waals surface area contributed by atoms with Crippen LogP contribution in [0, 0.1) is 0 Å². The lowest BCUT2D eigenvalue weighted by Gasteiger charge is -2.09. The highest BCUT2D eigenvalue weighted by Gasteiger charge is 2.09. The quantitative estimate of drug-likeness (QED) is 0.618. The zero-order valence-corrected chi connectivity index (χ0v) is 15.3. The number of nitrogens with one attached hydrogen (secondary N) is 2. The third-order valence-electron chi connectivity index (χ3n) is 4.18. The summed E-state index contributed by atoms with van der Waals surface area (Å²) in [4.78, 5) is 28.1. The van der Waals surface area contributed by atoms with Gasteiger partial charge < -0.3 is 10.6 Å². The van der Waals surface area contributed by atoms with Crippen LogP contribution in [0.4, 0.5) is 17.1 Å². The normalized spacial score (nSPS) is 10.3. The van der Waals surface area contributed by atoms with Gasteiger partial charge in [0.2, 0.25) is 0 Å². The van der Waals surface area contributed by atoms with E-state index >= 15 is 0 Å². The van der Waals surface area contributed by atoms with Gasteiger partial charge in [-0.05, 0) is 49.2 Å². The number of hydrogen-bond donors (Lipinski definition) is 2.